The zero-order valence-electron chi connectivity index (χ0n) is 32.1. The molecule has 8 amide bonds. The van der Waals surface area contributed by atoms with Crippen LogP contribution in [0.15, 0.2) is 30.3 Å². The highest BCUT2D eigenvalue weighted by atomic mass is 16.2. The minimum absolute atomic E-state index is 0.0624. The molecule has 16 heteroatoms. The Morgan fingerprint density at radius 2 is 1.06 bits per heavy atom. The summed E-state index contributed by atoms with van der Waals surface area (Å²) < 4.78 is 0. The van der Waals surface area contributed by atoms with Crippen LogP contribution in [0.3, 0.4) is 0 Å². The van der Waals surface area contributed by atoms with Gasteiger partial charge >= 0.3 is 0 Å². The number of fused-ring (bicyclic) bond motifs is 2. The molecule has 1 aromatic rings. The third-order valence-corrected chi connectivity index (χ3v) is 10.3. The first-order valence-corrected chi connectivity index (χ1v) is 18.9. The van der Waals surface area contributed by atoms with Crippen molar-refractivity contribution < 1.29 is 38.4 Å². The highest BCUT2D eigenvalue weighted by Crippen LogP contribution is 2.23. The van der Waals surface area contributed by atoms with Gasteiger partial charge in [-0.15, -0.1) is 0 Å². The standard InChI is InChI=1S/C38H56N8O8/c1-20(2)29-35(51)41-25(19-28(39)47)37(53)45-16-10-14-26(45)33(49)40-24(18-23-12-8-7-9-13-23)32(48)42-30(21(3)4)36(52)44-31(22(5)6)38(54)46-17-11-15-27(46)34(50)43-29/h7-9,12-13,20-22,24-27,29-31H,10-11,14-19H2,1-6H3,(H2,39,47)(H,40,49)(H,41,51)(H,42,48)(H,43,50)(H,44,52). The van der Waals surface area contributed by atoms with Gasteiger partial charge in [0.05, 0.1) is 6.42 Å². The second-order valence-electron chi connectivity index (χ2n) is 15.6. The van der Waals surface area contributed by atoms with Gasteiger partial charge < -0.3 is 42.1 Å². The number of hydrogen-bond donors (Lipinski definition) is 6. The Balaban J connectivity index is 1.77. The Morgan fingerprint density at radius 1 is 0.611 bits per heavy atom. The summed E-state index contributed by atoms with van der Waals surface area (Å²) in [6.07, 6.45) is 1.01. The Morgan fingerprint density at radius 3 is 1.57 bits per heavy atom. The summed E-state index contributed by atoms with van der Waals surface area (Å²) in [5.74, 6) is -6.58. The zero-order chi connectivity index (χ0) is 39.9. The fourth-order valence-corrected chi connectivity index (χ4v) is 7.30. The summed E-state index contributed by atoms with van der Waals surface area (Å²) in [7, 11) is 0. The molecule has 3 aliphatic rings. The first-order chi connectivity index (χ1) is 25.5. The molecule has 54 heavy (non-hydrogen) atoms. The van der Waals surface area contributed by atoms with E-state index in [-0.39, 0.29) is 25.9 Å². The molecule has 3 aliphatic heterocycles. The predicted octanol–water partition coefficient (Wildman–Crippen LogP) is -0.508. The molecule has 7 N–H and O–H groups in total. The van der Waals surface area contributed by atoms with E-state index < -0.39 is 114 Å². The molecule has 0 aromatic heterocycles. The maximum absolute atomic E-state index is 14.1. The highest BCUT2D eigenvalue weighted by Gasteiger charge is 2.43. The molecule has 3 heterocycles. The first kappa shape index (κ1) is 41.7. The quantitative estimate of drug-likeness (QED) is 0.212. The first-order valence-electron chi connectivity index (χ1n) is 18.9. The van der Waals surface area contributed by atoms with E-state index in [4.69, 9.17) is 5.73 Å². The van der Waals surface area contributed by atoms with Crippen molar-refractivity contribution in [3.8, 4) is 0 Å². The second kappa shape index (κ2) is 18.3. The van der Waals surface area contributed by atoms with E-state index in [0.717, 1.165) is 5.56 Å². The fourth-order valence-electron chi connectivity index (χ4n) is 7.30. The molecule has 1 aromatic carbocycles. The molecule has 16 nitrogen and oxygen atoms in total. The van der Waals surface area contributed by atoms with Gasteiger partial charge in [0.25, 0.3) is 0 Å². The maximum Gasteiger partial charge on any atom is 0.246 e. The Hall–Kier alpha value is -5.02. The number of hydrogen-bond acceptors (Lipinski definition) is 8. The van der Waals surface area contributed by atoms with Crippen molar-refractivity contribution in [2.45, 2.75) is 122 Å². The number of benzene rings is 1. The molecule has 0 radical (unpaired) electrons. The van der Waals surface area contributed by atoms with Crippen LogP contribution < -0.4 is 32.3 Å². The summed E-state index contributed by atoms with van der Waals surface area (Å²) >= 11 is 0. The number of nitrogens with two attached hydrogens (primary N) is 1. The number of rotatable bonds is 7. The SMILES string of the molecule is CC(C)C1NC(=O)C(Cc2ccccc2)NC(=O)C2CCCN2C(=O)C(CC(N)=O)NC(=O)C(C(C)C)NC(=O)C2CCCN2C(=O)C(C(C)C)NC1=O. The lowest BCUT2D eigenvalue weighted by Gasteiger charge is -2.33. The molecular formula is C38H56N8O8. The van der Waals surface area contributed by atoms with Gasteiger partial charge in [-0.1, -0.05) is 71.9 Å². The van der Waals surface area contributed by atoms with Crippen molar-refractivity contribution >= 4 is 47.3 Å². The van der Waals surface area contributed by atoms with Crippen LogP contribution in [0.5, 0.6) is 0 Å². The number of amides is 8. The second-order valence-corrected chi connectivity index (χ2v) is 15.6. The molecule has 3 saturated heterocycles. The minimum atomic E-state index is -1.45. The van der Waals surface area contributed by atoms with Gasteiger partial charge in [0, 0.05) is 19.5 Å². The summed E-state index contributed by atoms with van der Waals surface area (Å²) in [5.41, 5.74) is 6.24. The number of carbonyl (C=O) groups excluding carboxylic acids is 8. The Bertz CT molecular complexity index is 1580. The molecule has 0 bridgehead atoms. The van der Waals surface area contributed by atoms with Gasteiger partial charge in [-0.25, -0.2) is 0 Å². The number of nitrogens with zero attached hydrogens (tertiary/aromatic N) is 2. The van der Waals surface area contributed by atoms with Crippen LogP contribution in [0.4, 0.5) is 0 Å². The Kier molecular flexibility index (Phi) is 14.2. The predicted molar refractivity (Wildman–Crippen MR) is 198 cm³/mol. The third-order valence-electron chi connectivity index (χ3n) is 10.3. The maximum atomic E-state index is 14.1. The average Bonchev–Trinajstić information content (AvgIpc) is 3.81. The van der Waals surface area contributed by atoms with Crippen LogP contribution in [0.2, 0.25) is 0 Å². The normalized spacial score (nSPS) is 28.2. The lowest BCUT2D eigenvalue weighted by Crippen LogP contribution is -2.61. The monoisotopic (exact) mass is 752 g/mol. The van der Waals surface area contributed by atoms with Crippen LogP contribution in [-0.4, -0.2) is 112 Å². The van der Waals surface area contributed by atoms with E-state index >= 15 is 0 Å². The van der Waals surface area contributed by atoms with E-state index in [0.29, 0.717) is 19.3 Å². The molecule has 0 aliphatic carbocycles. The van der Waals surface area contributed by atoms with Crippen molar-refractivity contribution in [1.29, 1.82) is 0 Å². The van der Waals surface area contributed by atoms with Gasteiger partial charge in [-0.05, 0) is 49.0 Å². The smallest absolute Gasteiger partial charge is 0.246 e. The van der Waals surface area contributed by atoms with Gasteiger partial charge in [-0.2, -0.15) is 0 Å². The molecule has 0 spiro atoms. The molecule has 0 saturated carbocycles. The summed E-state index contributed by atoms with van der Waals surface area (Å²) in [5, 5.41) is 13.8. The number of primary amides is 1. The van der Waals surface area contributed by atoms with E-state index in [9.17, 15) is 38.4 Å². The molecular weight excluding hydrogens is 696 g/mol. The molecule has 296 valence electrons. The van der Waals surface area contributed by atoms with Crippen molar-refractivity contribution in [2.75, 3.05) is 13.1 Å². The fraction of sp³-hybridized carbons (Fsp3) is 0.632. The van der Waals surface area contributed by atoms with Crippen molar-refractivity contribution in [3.63, 3.8) is 0 Å². The minimum Gasteiger partial charge on any atom is -0.370 e. The average molecular weight is 753 g/mol. The van der Waals surface area contributed by atoms with E-state index in [1.165, 1.54) is 9.80 Å². The summed E-state index contributed by atoms with van der Waals surface area (Å²) in [6, 6.07) is 1.08. The van der Waals surface area contributed by atoms with E-state index in [1.54, 1.807) is 65.8 Å². The van der Waals surface area contributed by atoms with Crippen LogP contribution in [0, 0.1) is 17.8 Å². The van der Waals surface area contributed by atoms with Gasteiger partial charge in [0.2, 0.25) is 47.3 Å². The summed E-state index contributed by atoms with van der Waals surface area (Å²) in [4.78, 5) is 113. The van der Waals surface area contributed by atoms with Crippen molar-refractivity contribution in [3.05, 3.63) is 35.9 Å². The lowest BCUT2D eigenvalue weighted by atomic mass is 9.98. The van der Waals surface area contributed by atoms with E-state index in [2.05, 4.69) is 26.6 Å². The zero-order valence-corrected chi connectivity index (χ0v) is 32.1. The van der Waals surface area contributed by atoms with Crippen molar-refractivity contribution in [2.24, 2.45) is 23.5 Å². The van der Waals surface area contributed by atoms with Gasteiger partial charge in [-0.3, -0.25) is 38.4 Å². The largest absolute Gasteiger partial charge is 0.370 e. The van der Waals surface area contributed by atoms with Crippen molar-refractivity contribution in [1.82, 2.24) is 36.4 Å². The van der Waals surface area contributed by atoms with Crippen LogP contribution in [-0.2, 0) is 44.8 Å². The third kappa shape index (κ3) is 10.1. The van der Waals surface area contributed by atoms with Gasteiger partial charge in [0.15, 0.2) is 0 Å². The van der Waals surface area contributed by atoms with Crippen LogP contribution in [0.25, 0.3) is 0 Å². The topological polar surface area (TPSA) is 229 Å². The molecule has 7 unspecified atom stereocenters. The molecule has 4 rings (SSSR count). The molecule has 3 fully saturated rings. The van der Waals surface area contributed by atoms with E-state index in [1.807, 2.05) is 6.07 Å². The lowest BCUT2D eigenvalue weighted by molar-refractivity contribution is -0.144. The van der Waals surface area contributed by atoms with Crippen LogP contribution >= 0.6 is 0 Å². The highest BCUT2D eigenvalue weighted by molar-refractivity contribution is 6.00. The van der Waals surface area contributed by atoms with Gasteiger partial charge in [0.1, 0.15) is 42.3 Å². The number of carbonyl (C=O) groups is 8. The number of nitrogens with one attached hydrogen (secondary N) is 5. The summed E-state index contributed by atoms with van der Waals surface area (Å²) in [6.45, 7) is 10.8. The van der Waals surface area contributed by atoms with Crippen LogP contribution in [0.1, 0.15) is 79.2 Å². The molecule has 7 atom stereocenters. The Labute approximate surface area is 316 Å².